The van der Waals surface area contributed by atoms with Gasteiger partial charge in [0.2, 0.25) is 5.91 Å². The van der Waals surface area contributed by atoms with Crippen LogP contribution in [-0.2, 0) is 22.6 Å². The number of carbonyl (C=O) groups excluding carboxylic acids is 3. The van der Waals surface area contributed by atoms with Crippen molar-refractivity contribution in [1.29, 1.82) is 0 Å². The van der Waals surface area contributed by atoms with E-state index >= 15 is 4.39 Å². The number of benzene rings is 1. The van der Waals surface area contributed by atoms with Gasteiger partial charge in [0.1, 0.15) is 12.4 Å². The smallest absolute Gasteiger partial charge is 0.260 e. The molecule has 3 N–H and O–H groups in total. The number of nitrogens with one attached hydrogen (secondary N) is 1. The number of amides is 2. The number of hydrogen-bond acceptors (Lipinski definition) is 7. The second-order valence-electron chi connectivity index (χ2n) is 8.84. The third-order valence-corrected chi connectivity index (χ3v) is 6.42. The topological polar surface area (TPSA) is 126 Å². The van der Waals surface area contributed by atoms with E-state index in [-0.39, 0.29) is 35.9 Å². The van der Waals surface area contributed by atoms with Crippen LogP contribution >= 0.6 is 0 Å². The number of nitrogens with two attached hydrogens (primary N) is 1. The van der Waals surface area contributed by atoms with Crippen LogP contribution in [0.15, 0.2) is 48.3 Å². The number of ketones is 1. The molecule has 0 spiro atoms. The molecule has 3 aromatic rings. The minimum absolute atomic E-state index is 0.0173. The van der Waals surface area contributed by atoms with Gasteiger partial charge in [0.05, 0.1) is 17.7 Å². The Balaban J connectivity index is 1.44. The second-order valence-corrected chi connectivity index (χ2v) is 8.84. The molecule has 1 aromatic carbocycles. The van der Waals surface area contributed by atoms with Crippen molar-refractivity contribution in [3.05, 3.63) is 65.4 Å². The molecular weight excluding hydrogens is 465 g/mol. The summed E-state index contributed by atoms with van der Waals surface area (Å²) in [4.78, 5) is 44.2. The van der Waals surface area contributed by atoms with Crippen molar-refractivity contribution < 1.29 is 18.8 Å². The molecule has 0 saturated carbocycles. The van der Waals surface area contributed by atoms with E-state index < -0.39 is 11.7 Å². The van der Waals surface area contributed by atoms with Gasteiger partial charge in [-0.2, -0.15) is 5.10 Å². The molecule has 3 heterocycles. The highest BCUT2D eigenvalue weighted by Gasteiger charge is 2.24. The Morgan fingerprint density at radius 1 is 1.22 bits per heavy atom. The maximum atomic E-state index is 15.1. The third kappa shape index (κ3) is 4.19. The fourth-order valence-electron chi connectivity index (χ4n) is 4.27. The number of likely N-dealkylation sites (N-methyl/N-ethyl adjacent to an activating group) is 1. The van der Waals surface area contributed by atoms with Gasteiger partial charge in [0.15, 0.2) is 17.4 Å². The molecule has 36 heavy (non-hydrogen) atoms. The van der Waals surface area contributed by atoms with E-state index in [0.717, 1.165) is 5.69 Å². The van der Waals surface area contributed by atoms with Crippen molar-refractivity contribution in [2.75, 3.05) is 31.7 Å². The largest absolute Gasteiger partial charge is 0.396 e. The van der Waals surface area contributed by atoms with E-state index in [1.165, 1.54) is 30.3 Å². The van der Waals surface area contributed by atoms with Crippen LogP contribution in [0.5, 0.6) is 0 Å². The van der Waals surface area contributed by atoms with E-state index in [1.807, 2.05) is 6.07 Å². The highest BCUT2D eigenvalue weighted by atomic mass is 19.1. The molecular formula is C25H24FN7O3. The predicted molar refractivity (Wildman–Crippen MR) is 132 cm³/mol. The van der Waals surface area contributed by atoms with Crippen LogP contribution in [0.1, 0.15) is 22.5 Å². The molecule has 184 valence electrons. The van der Waals surface area contributed by atoms with Crippen molar-refractivity contribution in [2.24, 2.45) is 0 Å². The Kier molecular flexibility index (Phi) is 5.75. The summed E-state index contributed by atoms with van der Waals surface area (Å²) in [6, 6.07) is 4.93. The molecule has 0 saturated heterocycles. The number of halogens is 1. The number of fused-ring (bicyclic) bond motifs is 2. The molecule has 2 amide bonds. The average molecular weight is 490 g/mol. The molecule has 0 fully saturated rings. The Morgan fingerprint density at radius 2 is 2.03 bits per heavy atom. The minimum Gasteiger partial charge on any atom is -0.396 e. The summed E-state index contributed by atoms with van der Waals surface area (Å²) in [5, 5.41) is 8.44. The molecule has 5 rings (SSSR count). The van der Waals surface area contributed by atoms with Crippen molar-refractivity contribution in [3.8, 4) is 0 Å². The monoisotopic (exact) mass is 489 g/mol. The maximum absolute atomic E-state index is 15.1. The lowest BCUT2D eigenvalue weighted by atomic mass is 10.0. The van der Waals surface area contributed by atoms with Gasteiger partial charge in [-0.25, -0.2) is 9.37 Å². The fraction of sp³-hybridized carbons (Fsp3) is 0.240. The fourth-order valence-corrected chi connectivity index (χ4v) is 4.27. The molecule has 1 aliphatic heterocycles. The average Bonchev–Trinajstić information content (AvgIpc) is 3.18. The number of hydrogen-bond donors (Lipinski definition) is 2. The Morgan fingerprint density at radius 3 is 2.81 bits per heavy atom. The van der Waals surface area contributed by atoms with Crippen LogP contribution in [0.2, 0.25) is 0 Å². The van der Waals surface area contributed by atoms with Crippen molar-refractivity contribution in [2.45, 2.75) is 19.4 Å². The lowest BCUT2D eigenvalue weighted by molar-refractivity contribution is -0.130. The van der Waals surface area contributed by atoms with E-state index in [1.54, 1.807) is 34.8 Å². The van der Waals surface area contributed by atoms with Gasteiger partial charge in [-0.15, -0.1) is 0 Å². The molecule has 0 unspecified atom stereocenters. The van der Waals surface area contributed by atoms with Gasteiger partial charge >= 0.3 is 0 Å². The zero-order valence-electron chi connectivity index (χ0n) is 19.8. The molecule has 1 aliphatic carbocycles. The number of nitrogens with zero attached hydrogens (tertiary/aromatic N) is 5. The highest BCUT2D eigenvalue weighted by Crippen LogP contribution is 2.30. The van der Waals surface area contributed by atoms with Crippen LogP contribution in [0.3, 0.4) is 0 Å². The normalized spacial score (nSPS) is 15.5. The lowest BCUT2D eigenvalue weighted by Crippen LogP contribution is -2.29. The van der Waals surface area contributed by atoms with Crippen molar-refractivity contribution >= 4 is 45.7 Å². The van der Waals surface area contributed by atoms with Crippen LogP contribution in [0.4, 0.5) is 21.7 Å². The Bertz CT molecular complexity index is 1490. The van der Waals surface area contributed by atoms with Gasteiger partial charge in [-0.3, -0.25) is 19.1 Å². The predicted octanol–water partition coefficient (Wildman–Crippen LogP) is 2.40. The Hall–Kier alpha value is -4.54. The summed E-state index contributed by atoms with van der Waals surface area (Å²) in [5.41, 5.74) is 7.02. The third-order valence-electron chi connectivity index (χ3n) is 6.42. The number of pyridine rings is 1. The summed E-state index contributed by atoms with van der Waals surface area (Å²) < 4.78 is 16.8. The quantitative estimate of drug-likeness (QED) is 0.539. The zero-order valence-corrected chi connectivity index (χ0v) is 19.8. The van der Waals surface area contributed by atoms with Gasteiger partial charge < -0.3 is 20.9 Å². The Labute approximate surface area is 205 Å². The van der Waals surface area contributed by atoms with Crippen LogP contribution < -0.4 is 11.1 Å². The molecule has 2 aliphatic rings. The number of carbonyl (C=O) groups is 3. The molecule has 10 nitrogen and oxygen atoms in total. The first-order chi connectivity index (χ1) is 17.2. The first kappa shape index (κ1) is 23.2. The van der Waals surface area contributed by atoms with Gasteiger partial charge in [0.25, 0.3) is 5.91 Å². The number of nitrogen functional groups attached to an aromatic ring is 1. The summed E-state index contributed by atoms with van der Waals surface area (Å²) in [6.07, 6.45) is 6.79. The molecule has 11 heteroatoms. The molecule has 2 aromatic heterocycles. The van der Waals surface area contributed by atoms with Crippen LogP contribution in [0.25, 0.3) is 10.8 Å². The van der Waals surface area contributed by atoms with Gasteiger partial charge in [-0.05, 0) is 29.7 Å². The van der Waals surface area contributed by atoms with Crippen LogP contribution in [-0.4, -0.2) is 62.8 Å². The first-order valence-electron chi connectivity index (χ1n) is 11.3. The van der Waals surface area contributed by atoms with Crippen molar-refractivity contribution in [3.63, 3.8) is 0 Å². The number of aromatic nitrogens is 3. The number of anilines is 3. The summed E-state index contributed by atoms with van der Waals surface area (Å²) in [5.74, 6) is -0.677. The zero-order chi connectivity index (χ0) is 25.6. The van der Waals surface area contributed by atoms with Crippen LogP contribution in [0, 0.1) is 5.82 Å². The number of allylic oxidation sites excluding steroid dienone is 4. The first-order valence-corrected chi connectivity index (χ1v) is 11.3. The molecule has 0 atom stereocenters. The maximum Gasteiger partial charge on any atom is 0.260 e. The SMILES string of the molecule is CN1CCc2cc(Nc3cc4cc(C(=O)N(C)C5=CC=CC(=O)C5)c(F)c(N)c4cn3)nn2CC1=O. The molecule has 0 radical (unpaired) electrons. The van der Waals surface area contributed by atoms with E-state index in [9.17, 15) is 14.4 Å². The minimum atomic E-state index is -0.840. The highest BCUT2D eigenvalue weighted by molar-refractivity contribution is 6.05. The molecule has 0 bridgehead atoms. The number of rotatable bonds is 4. The van der Waals surface area contributed by atoms with Crippen molar-refractivity contribution in [1.82, 2.24) is 24.6 Å². The van der Waals surface area contributed by atoms with Gasteiger partial charge in [0, 0.05) is 56.1 Å². The second kappa shape index (κ2) is 8.91. The van der Waals surface area contributed by atoms with Gasteiger partial charge in [-0.1, -0.05) is 6.08 Å². The summed E-state index contributed by atoms with van der Waals surface area (Å²) in [6.45, 7) is 0.765. The summed E-state index contributed by atoms with van der Waals surface area (Å²) in [7, 11) is 3.26. The standard InChI is InChI=1S/C25H24FN7O3/c1-31-7-6-16-11-21(30-33(16)13-22(31)35)29-20-9-14-8-18(23(26)24(27)19(14)12-28-20)25(36)32(2)15-4-3-5-17(34)10-15/h3-5,8-9,11-12H,6-7,10,13,27H2,1-2H3,(H,28,29,30). The van der Waals surface area contributed by atoms with E-state index in [4.69, 9.17) is 5.73 Å². The summed E-state index contributed by atoms with van der Waals surface area (Å²) >= 11 is 0. The van der Waals surface area contributed by atoms with E-state index in [2.05, 4.69) is 15.4 Å². The van der Waals surface area contributed by atoms with E-state index in [0.29, 0.717) is 41.1 Å². The lowest BCUT2D eigenvalue weighted by Gasteiger charge is -2.22.